The Morgan fingerprint density at radius 3 is 2.32 bits per heavy atom. The Morgan fingerprint density at radius 2 is 1.68 bits per heavy atom. The minimum absolute atomic E-state index is 0.0485. The number of hydrogen-bond donors (Lipinski definition) is 2. The molecule has 0 aliphatic heterocycles. The highest BCUT2D eigenvalue weighted by Gasteiger charge is 2.07. The smallest absolute Gasteiger partial charge is 0.258 e. The summed E-state index contributed by atoms with van der Waals surface area (Å²) < 4.78 is 5.43. The molecule has 2 aromatic carbocycles. The van der Waals surface area contributed by atoms with Gasteiger partial charge in [-0.15, -0.1) is 0 Å². The zero-order chi connectivity index (χ0) is 18.1. The molecule has 2 rings (SSSR count). The average Bonchev–Trinajstić information content (AvgIpc) is 2.64. The second-order valence-electron chi connectivity index (χ2n) is 5.95. The first-order chi connectivity index (χ1) is 12.1. The van der Waals surface area contributed by atoms with Gasteiger partial charge < -0.3 is 15.0 Å². The minimum atomic E-state index is -0.170. The van der Waals surface area contributed by atoms with Crippen LogP contribution in [0.5, 0.6) is 5.75 Å². The van der Waals surface area contributed by atoms with Crippen molar-refractivity contribution in [2.75, 3.05) is 19.7 Å². The van der Waals surface area contributed by atoms with Gasteiger partial charge in [-0.25, -0.2) is 0 Å². The Balaban J connectivity index is 1.77. The van der Waals surface area contributed by atoms with Crippen LogP contribution in [0.1, 0.15) is 25.0 Å². The van der Waals surface area contributed by atoms with E-state index >= 15 is 0 Å². The molecule has 25 heavy (non-hydrogen) atoms. The first kappa shape index (κ1) is 19.3. The fourth-order valence-electron chi connectivity index (χ4n) is 2.52. The summed E-state index contributed by atoms with van der Waals surface area (Å²) in [4.78, 5) is 13.5. The second-order valence-corrected chi connectivity index (χ2v) is 6.35. The molecule has 0 saturated heterocycles. The predicted molar refractivity (Wildman–Crippen MR) is 101 cm³/mol. The Labute approximate surface area is 154 Å². The van der Waals surface area contributed by atoms with E-state index in [0.717, 1.165) is 25.2 Å². The van der Waals surface area contributed by atoms with Gasteiger partial charge in [-0.05, 0) is 31.5 Å². The third-order valence-electron chi connectivity index (χ3n) is 4.16. The molecule has 4 nitrogen and oxygen atoms in total. The zero-order valence-electron chi connectivity index (χ0n) is 14.8. The monoisotopic (exact) mass is 361 g/mol. The van der Waals surface area contributed by atoms with E-state index in [2.05, 4.69) is 43.4 Å². The quantitative estimate of drug-likeness (QED) is 0.720. The number of ether oxygens (including phenoxy) is 1. The van der Waals surface area contributed by atoms with Crippen molar-refractivity contribution in [1.82, 2.24) is 5.32 Å². The molecule has 0 bridgehead atoms. The molecule has 0 heterocycles. The molecule has 0 unspecified atom stereocenters. The summed E-state index contributed by atoms with van der Waals surface area (Å²) in [6.07, 6.45) is 0. The number of para-hydroxylation sites is 1. The fraction of sp³-hybridized carbons (Fsp3) is 0.350. The van der Waals surface area contributed by atoms with Gasteiger partial charge in [0, 0.05) is 12.1 Å². The van der Waals surface area contributed by atoms with Crippen LogP contribution >= 0.6 is 11.6 Å². The van der Waals surface area contributed by atoms with E-state index in [1.54, 1.807) is 17.0 Å². The molecule has 2 aromatic rings. The highest BCUT2D eigenvalue weighted by atomic mass is 35.5. The first-order valence-corrected chi connectivity index (χ1v) is 9.05. The number of carbonyl (C=O) groups excluding carboxylic acids is 1. The van der Waals surface area contributed by atoms with Crippen LogP contribution in [0.4, 0.5) is 0 Å². The fourth-order valence-corrected chi connectivity index (χ4v) is 2.71. The van der Waals surface area contributed by atoms with Gasteiger partial charge in [0.05, 0.1) is 18.1 Å². The Kier molecular flexibility index (Phi) is 7.76. The molecule has 0 aliphatic rings. The lowest BCUT2D eigenvalue weighted by atomic mass is 10.1. The maximum absolute atomic E-state index is 11.9. The normalized spacial score (nSPS) is 10.7. The van der Waals surface area contributed by atoms with Crippen LogP contribution in [-0.2, 0) is 17.9 Å². The van der Waals surface area contributed by atoms with Gasteiger partial charge in [0.1, 0.15) is 12.3 Å². The van der Waals surface area contributed by atoms with E-state index in [1.807, 2.05) is 12.1 Å². The lowest BCUT2D eigenvalue weighted by Gasteiger charge is -2.15. The standard InChI is InChI=1S/C20H25ClN2O2/c1-3-23(4-2)14-17-11-9-16(10-12-17)13-22-20(24)15-25-19-8-6-5-7-18(19)21/h5-12H,3-4,13-15H2,1-2H3,(H,22,24)/p+1. The molecule has 0 fully saturated rings. The summed E-state index contributed by atoms with van der Waals surface area (Å²) in [6.45, 7) is 8.13. The molecular weight excluding hydrogens is 336 g/mol. The van der Waals surface area contributed by atoms with E-state index in [9.17, 15) is 4.79 Å². The third kappa shape index (κ3) is 6.40. The highest BCUT2D eigenvalue weighted by Crippen LogP contribution is 2.22. The van der Waals surface area contributed by atoms with Gasteiger partial charge in [-0.2, -0.15) is 0 Å². The van der Waals surface area contributed by atoms with Crippen LogP contribution < -0.4 is 15.0 Å². The lowest BCUT2D eigenvalue weighted by Crippen LogP contribution is -3.10. The van der Waals surface area contributed by atoms with E-state index in [4.69, 9.17) is 16.3 Å². The van der Waals surface area contributed by atoms with E-state index in [-0.39, 0.29) is 12.5 Å². The first-order valence-electron chi connectivity index (χ1n) is 8.67. The molecule has 0 saturated carbocycles. The van der Waals surface area contributed by atoms with E-state index in [0.29, 0.717) is 17.3 Å². The van der Waals surface area contributed by atoms with E-state index < -0.39 is 0 Å². The maximum atomic E-state index is 11.9. The molecule has 5 heteroatoms. The van der Waals surface area contributed by atoms with Gasteiger partial charge >= 0.3 is 0 Å². The number of halogens is 1. The number of benzene rings is 2. The Hall–Kier alpha value is -2.04. The SMILES string of the molecule is CC[NH+](CC)Cc1ccc(CNC(=O)COc2ccccc2Cl)cc1. The van der Waals surface area contributed by atoms with Crippen molar-refractivity contribution in [2.45, 2.75) is 26.9 Å². The minimum Gasteiger partial charge on any atom is -0.482 e. The summed E-state index contributed by atoms with van der Waals surface area (Å²) in [5, 5.41) is 3.36. The maximum Gasteiger partial charge on any atom is 0.258 e. The highest BCUT2D eigenvalue weighted by molar-refractivity contribution is 6.32. The van der Waals surface area contributed by atoms with Gasteiger partial charge in [0.25, 0.3) is 5.91 Å². The van der Waals surface area contributed by atoms with Crippen molar-refractivity contribution in [3.8, 4) is 5.75 Å². The van der Waals surface area contributed by atoms with Crippen LogP contribution in [0.3, 0.4) is 0 Å². The second kappa shape index (κ2) is 10.1. The van der Waals surface area contributed by atoms with Crippen LogP contribution in [0.25, 0.3) is 0 Å². The average molecular weight is 362 g/mol. The summed E-state index contributed by atoms with van der Waals surface area (Å²) in [7, 11) is 0. The molecule has 0 spiro atoms. The predicted octanol–water partition coefficient (Wildman–Crippen LogP) is 2.46. The molecule has 0 aliphatic carbocycles. The van der Waals surface area contributed by atoms with Gasteiger partial charge in [0.2, 0.25) is 0 Å². The van der Waals surface area contributed by atoms with Gasteiger partial charge in [0.15, 0.2) is 6.61 Å². The summed E-state index contributed by atoms with van der Waals surface area (Å²) in [6, 6.07) is 15.5. The number of nitrogens with one attached hydrogen (secondary N) is 2. The van der Waals surface area contributed by atoms with Crippen molar-refractivity contribution < 1.29 is 14.4 Å². The number of rotatable bonds is 9. The topological polar surface area (TPSA) is 42.8 Å². The summed E-state index contributed by atoms with van der Waals surface area (Å²) >= 11 is 5.99. The molecule has 1 amide bonds. The van der Waals surface area contributed by atoms with Crippen molar-refractivity contribution in [1.29, 1.82) is 0 Å². The molecular formula is C20H26ClN2O2+. The van der Waals surface area contributed by atoms with E-state index in [1.165, 1.54) is 5.56 Å². The molecule has 0 radical (unpaired) electrons. The summed E-state index contributed by atoms with van der Waals surface area (Å²) in [5.74, 6) is 0.346. The molecule has 2 N–H and O–H groups in total. The van der Waals surface area contributed by atoms with Gasteiger partial charge in [-0.1, -0.05) is 48.0 Å². The number of amides is 1. The number of carbonyl (C=O) groups is 1. The lowest BCUT2D eigenvalue weighted by molar-refractivity contribution is -0.910. The largest absolute Gasteiger partial charge is 0.482 e. The zero-order valence-corrected chi connectivity index (χ0v) is 15.6. The van der Waals surface area contributed by atoms with Crippen molar-refractivity contribution >= 4 is 17.5 Å². The number of quaternary nitrogens is 1. The van der Waals surface area contributed by atoms with Crippen LogP contribution in [0, 0.1) is 0 Å². The van der Waals surface area contributed by atoms with Crippen LogP contribution in [0.15, 0.2) is 48.5 Å². The third-order valence-corrected chi connectivity index (χ3v) is 4.47. The van der Waals surface area contributed by atoms with Crippen LogP contribution in [-0.4, -0.2) is 25.6 Å². The summed E-state index contributed by atoms with van der Waals surface area (Å²) in [5.41, 5.74) is 2.39. The van der Waals surface area contributed by atoms with Crippen molar-refractivity contribution in [3.63, 3.8) is 0 Å². The Bertz CT molecular complexity index is 670. The molecule has 0 aromatic heterocycles. The van der Waals surface area contributed by atoms with Crippen LogP contribution in [0.2, 0.25) is 5.02 Å². The number of hydrogen-bond acceptors (Lipinski definition) is 2. The molecule has 0 atom stereocenters. The van der Waals surface area contributed by atoms with Crippen molar-refractivity contribution in [2.24, 2.45) is 0 Å². The van der Waals surface area contributed by atoms with Crippen molar-refractivity contribution in [3.05, 3.63) is 64.7 Å². The van der Waals surface area contributed by atoms with Gasteiger partial charge in [-0.3, -0.25) is 4.79 Å². The Morgan fingerprint density at radius 1 is 1.04 bits per heavy atom. The molecule has 134 valence electrons.